The first-order chi connectivity index (χ1) is 9.45. The Labute approximate surface area is 120 Å². The second kappa shape index (κ2) is 6.27. The van der Waals surface area contributed by atoms with E-state index in [-0.39, 0.29) is 17.9 Å². The van der Waals surface area contributed by atoms with E-state index < -0.39 is 5.97 Å². The average molecular weight is 277 g/mol. The summed E-state index contributed by atoms with van der Waals surface area (Å²) in [6.07, 6.45) is 0.161. The monoisotopic (exact) mass is 277 g/mol. The molecular formula is C16H23NO3. The normalized spacial score (nSPS) is 23.2. The molecule has 110 valence electrons. The van der Waals surface area contributed by atoms with Gasteiger partial charge >= 0.3 is 5.97 Å². The molecule has 0 aliphatic carbocycles. The number of hydrogen-bond donors (Lipinski definition) is 1. The van der Waals surface area contributed by atoms with Crippen molar-refractivity contribution in [2.75, 3.05) is 13.1 Å². The summed E-state index contributed by atoms with van der Waals surface area (Å²) in [7, 11) is 0. The second-order valence-corrected chi connectivity index (χ2v) is 5.93. The highest BCUT2D eigenvalue weighted by atomic mass is 16.5. The summed E-state index contributed by atoms with van der Waals surface area (Å²) in [4.78, 5) is 13.3. The van der Waals surface area contributed by atoms with Gasteiger partial charge in [-0.3, -0.25) is 9.69 Å². The van der Waals surface area contributed by atoms with E-state index in [2.05, 4.69) is 11.0 Å². The third kappa shape index (κ3) is 3.73. The van der Waals surface area contributed by atoms with Crippen LogP contribution >= 0.6 is 0 Å². The van der Waals surface area contributed by atoms with Crippen LogP contribution in [0.2, 0.25) is 0 Å². The first-order valence-corrected chi connectivity index (χ1v) is 7.16. The fourth-order valence-corrected chi connectivity index (χ4v) is 2.77. The summed E-state index contributed by atoms with van der Waals surface area (Å²) in [6.45, 7) is 8.27. The Morgan fingerprint density at radius 1 is 1.45 bits per heavy atom. The molecule has 0 spiro atoms. The van der Waals surface area contributed by atoms with Crippen molar-refractivity contribution in [3.8, 4) is 5.75 Å². The number of ether oxygens (including phenoxy) is 1. The molecule has 4 nitrogen and oxygen atoms in total. The fraction of sp³-hybridized carbons (Fsp3) is 0.562. The molecule has 0 amide bonds. The summed E-state index contributed by atoms with van der Waals surface area (Å²) >= 11 is 0. The van der Waals surface area contributed by atoms with Crippen LogP contribution < -0.4 is 4.74 Å². The van der Waals surface area contributed by atoms with Crippen LogP contribution in [0.15, 0.2) is 24.3 Å². The lowest BCUT2D eigenvalue weighted by atomic mass is 9.99. The summed E-state index contributed by atoms with van der Waals surface area (Å²) in [5, 5.41) is 9.16. The Bertz CT molecular complexity index is 473. The van der Waals surface area contributed by atoms with Crippen LogP contribution in [0.3, 0.4) is 0 Å². The Kier molecular flexibility index (Phi) is 4.65. The highest BCUT2D eigenvalue weighted by molar-refractivity contribution is 5.71. The molecule has 1 N–H and O–H groups in total. The van der Waals surface area contributed by atoms with Crippen molar-refractivity contribution in [2.24, 2.45) is 11.8 Å². The van der Waals surface area contributed by atoms with Crippen molar-refractivity contribution in [2.45, 2.75) is 33.4 Å². The van der Waals surface area contributed by atoms with E-state index >= 15 is 0 Å². The molecule has 1 heterocycles. The predicted octanol–water partition coefficient (Wildman–Crippen LogP) is 2.63. The smallest absolute Gasteiger partial charge is 0.308 e. The maximum Gasteiger partial charge on any atom is 0.308 e. The number of benzene rings is 1. The molecule has 2 rings (SSSR count). The number of carboxylic acid groups (broad SMARTS) is 1. The van der Waals surface area contributed by atoms with Gasteiger partial charge in [0.05, 0.1) is 12.0 Å². The van der Waals surface area contributed by atoms with E-state index in [0.29, 0.717) is 6.54 Å². The van der Waals surface area contributed by atoms with Crippen LogP contribution in [0.4, 0.5) is 0 Å². The largest absolute Gasteiger partial charge is 0.491 e. The number of carbonyl (C=O) groups is 1. The summed E-state index contributed by atoms with van der Waals surface area (Å²) in [5.41, 5.74) is 1.17. The third-order valence-electron chi connectivity index (χ3n) is 3.68. The lowest BCUT2D eigenvalue weighted by molar-refractivity contribution is -0.142. The van der Waals surface area contributed by atoms with Crippen LogP contribution in [-0.2, 0) is 11.3 Å². The fourth-order valence-electron chi connectivity index (χ4n) is 2.77. The highest BCUT2D eigenvalue weighted by Gasteiger charge is 2.34. The van der Waals surface area contributed by atoms with Gasteiger partial charge in [0.1, 0.15) is 5.75 Å². The molecule has 1 aromatic rings. The van der Waals surface area contributed by atoms with E-state index in [1.54, 1.807) is 0 Å². The van der Waals surface area contributed by atoms with E-state index in [0.717, 1.165) is 18.8 Å². The lowest BCUT2D eigenvalue weighted by Crippen LogP contribution is -2.23. The van der Waals surface area contributed by atoms with E-state index in [9.17, 15) is 4.79 Å². The molecule has 4 heteroatoms. The Hall–Kier alpha value is -1.55. The van der Waals surface area contributed by atoms with Crippen molar-refractivity contribution in [3.05, 3.63) is 29.8 Å². The van der Waals surface area contributed by atoms with Crippen molar-refractivity contribution >= 4 is 5.97 Å². The maximum atomic E-state index is 11.1. The molecule has 0 aromatic heterocycles. The first-order valence-electron chi connectivity index (χ1n) is 7.16. The molecule has 0 bridgehead atoms. The summed E-state index contributed by atoms with van der Waals surface area (Å²) in [6, 6.07) is 8.04. The number of hydrogen-bond acceptors (Lipinski definition) is 3. The van der Waals surface area contributed by atoms with Crippen LogP contribution in [0, 0.1) is 11.8 Å². The second-order valence-electron chi connectivity index (χ2n) is 5.93. The van der Waals surface area contributed by atoms with Gasteiger partial charge in [-0.2, -0.15) is 0 Å². The van der Waals surface area contributed by atoms with Gasteiger partial charge in [0.2, 0.25) is 0 Å². The number of nitrogens with zero attached hydrogens (tertiary/aromatic N) is 1. The van der Waals surface area contributed by atoms with Crippen LogP contribution in [0.1, 0.15) is 26.3 Å². The van der Waals surface area contributed by atoms with Crippen molar-refractivity contribution in [3.63, 3.8) is 0 Å². The molecule has 0 radical (unpaired) electrons. The molecule has 20 heavy (non-hydrogen) atoms. The van der Waals surface area contributed by atoms with Gasteiger partial charge < -0.3 is 9.84 Å². The minimum absolute atomic E-state index is 0.161. The number of rotatable bonds is 5. The Balaban J connectivity index is 1.99. The Morgan fingerprint density at radius 2 is 2.20 bits per heavy atom. The molecule has 1 aromatic carbocycles. The third-order valence-corrected chi connectivity index (χ3v) is 3.68. The lowest BCUT2D eigenvalue weighted by Gasteiger charge is -2.16. The minimum atomic E-state index is -0.683. The predicted molar refractivity (Wildman–Crippen MR) is 77.8 cm³/mol. The molecule has 1 aliphatic rings. The topological polar surface area (TPSA) is 49.8 Å². The van der Waals surface area contributed by atoms with Crippen molar-refractivity contribution < 1.29 is 14.6 Å². The minimum Gasteiger partial charge on any atom is -0.491 e. The first kappa shape index (κ1) is 14.9. The maximum absolute atomic E-state index is 11.1. The molecule has 0 saturated carbocycles. The van der Waals surface area contributed by atoms with E-state index in [1.807, 2.05) is 39.0 Å². The van der Waals surface area contributed by atoms with Crippen LogP contribution in [0.5, 0.6) is 5.75 Å². The summed E-state index contributed by atoms with van der Waals surface area (Å²) in [5.74, 6) is 0.157. The zero-order chi connectivity index (χ0) is 14.7. The van der Waals surface area contributed by atoms with Gasteiger partial charge in [-0.15, -0.1) is 0 Å². The molecule has 1 saturated heterocycles. The molecule has 2 unspecified atom stereocenters. The zero-order valence-electron chi connectivity index (χ0n) is 12.4. The van der Waals surface area contributed by atoms with Crippen molar-refractivity contribution in [1.29, 1.82) is 0 Å². The van der Waals surface area contributed by atoms with Gasteiger partial charge in [-0.05, 0) is 37.5 Å². The average Bonchev–Trinajstić information content (AvgIpc) is 2.70. The molecule has 2 atom stereocenters. The highest BCUT2D eigenvalue weighted by Crippen LogP contribution is 2.25. The van der Waals surface area contributed by atoms with Crippen molar-refractivity contribution in [1.82, 2.24) is 4.90 Å². The molecule has 1 aliphatic heterocycles. The van der Waals surface area contributed by atoms with Crippen LogP contribution in [-0.4, -0.2) is 35.2 Å². The van der Waals surface area contributed by atoms with Gasteiger partial charge in [0.15, 0.2) is 0 Å². The van der Waals surface area contributed by atoms with Gasteiger partial charge in [-0.1, -0.05) is 19.1 Å². The van der Waals surface area contributed by atoms with Gasteiger partial charge in [0, 0.05) is 19.6 Å². The molecule has 1 fully saturated rings. The van der Waals surface area contributed by atoms with E-state index in [4.69, 9.17) is 9.84 Å². The standard InChI is InChI=1S/C16H23NO3/c1-11(2)20-14-6-4-5-13(7-14)9-17-8-12(3)15(10-17)16(18)19/h4-7,11-12,15H,8-10H2,1-3H3,(H,18,19). The number of carboxylic acids is 1. The number of aliphatic carboxylic acids is 1. The quantitative estimate of drug-likeness (QED) is 0.899. The number of likely N-dealkylation sites (tertiary alicyclic amines) is 1. The van der Waals surface area contributed by atoms with Gasteiger partial charge in [-0.25, -0.2) is 0 Å². The SMILES string of the molecule is CC(C)Oc1cccc(CN2CC(C)C(C(=O)O)C2)c1. The van der Waals surface area contributed by atoms with Gasteiger partial charge in [0.25, 0.3) is 0 Å². The van der Waals surface area contributed by atoms with Crippen LogP contribution in [0.25, 0.3) is 0 Å². The van der Waals surface area contributed by atoms with E-state index in [1.165, 1.54) is 5.56 Å². The Morgan fingerprint density at radius 3 is 2.80 bits per heavy atom. The summed E-state index contributed by atoms with van der Waals surface area (Å²) < 4.78 is 5.69. The molecular weight excluding hydrogens is 254 g/mol. The zero-order valence-corrected chi connectivity index (χ0v) is 12.4.